The van der Waals surface area contributed by atoms with Crippen molar-refractivity contribution in [3.05, 3.63) is 40.4 Å². The fourth-order valence-electron chi connectivity index (χ4n) is 2.94. The normalized spacial score (nSPS) is 15.0. The molecule has 8 heteroatoms. The summed E-state index contributed by atoms with van der Waals surface area (Å²) in [6, 6.07) is 5.93. The van der Waals surface area contributed by atoms with Gasteiger partial charge < -0.3 is 10.1 Å². The Hall–Kier alpha value is -2.74. The number of urea groups is 1. The van der Waals surface area contributed by atoms with E-state index in [1.165, 1.54) is 11.3 Å². The molecule has 1 aliphatic carbocycles. The molecule has 1 aromatic carbocycles. The van der Waals surface area contributed by atoms with Gasteiger partial charge in [0.25, 0.3) is 0 Å². The molecular weight excluding hydrogens is 366 g/mol. The maximum atomic E-state index is 12.2. The second kappa shape index (κ2) is 7.48. The van der Waals surface area contributed by atoms with E-state index in [1.54, 1.807) is 31.2 Å². The average molecular weight is 387 g/mol. The summed E-state index contributed by atoms with van der Waals surface area (Å²) in [6.07, 6.45) is 1.20. The predicted molar refractivity (Wildman–Crippen MR) is 104 cm³/mol. The molecule has 1 aromatic heterocycles. The molecule has 0 saturated heterocycles. The van der Waals surface area contributed by atoms with Crippen molar-refractivity contribution >= 4 is 39.9 Å². The topological polar surface area (TPSA) is 97.4 Å². The molecule has 0 radical (unpaired) electrons. The van der Waals surface area contributed by atoms with Gasteiger partial charge >= 0.3 is 12.0 Å². The van der Waals surface area contributed by atoms with Gasteiger partial charge in [0.15, 0.2) is 10.9 Å². The van der Waals surface area contributed by atoms with Crippen molar-refractivity contribution in [1.82, 2.24) is 4.98 Å². The molecule has 2 N–H and O–H groups in total. The van der Waals surface area contributed by atoms with Gasteiger partial charge in [-0.25, -0.2) is 14.6 Å². The number of esters is 1. The monoisotopic (exact) mass is 387 g/mol. The van der Waals surface area contributed by atoms with Crippen molar-refractivity contribution in [3.63, 3.8) is 0 Å². The molecule has 3 rings (SSSR count). The van der Waals surface area contributed by atoms with Crippen LogP contribution in [-0.4, -0.2) is 29.4 Å². The zero-order valence-corrected chi connectivity index (χ0v) is 16.2. The lowest BCUT2D eigenvalue weighted by molar-refractivity contribution is 0.0526. The van der Waals surface area contributed by atoms with Crippen LogP contribution in [0.1, 0.15) is 52.9 Å². The number of thiazole rings is 1. The number of nitrogens with one attached hydrogen (secondary N) is 2. The van der Waals surface area contributed by atoms with Gasteiger partial charge in [-0.15, -0.1) is 0 Å². The maximum absolute atomic E-state index is 12.2. The second-order valence-corrected chi connectivity index (χ2v) is 8.11. The van der Waals surface area contributed by atoms with Crippen molar-refractivity contribution in [3.8, 4) is 0 Å². The van der Waals surface area contributed by atoms with Gasteiger partial charge in [0.2, 0.25) is 0 Å². The predicted octanol–water partition coefficient (Wildman–Crippen LogP) is 4.12. The Kier molecular flexibility index (Phi) is 5.27. The van der Waals surface area contributed by atoms with Crippen LogP contribution < -0.4 is 10.6 Å². The van der Waals surface area contributed by atoms with Crippen LogP contribution in [0.25, 0.3) is 0 Å². The first-order valence-corrected chi connectivity index (χ1v) is 9.47. The van der Waals surface area contributed by atoms with Crippen LogP contribution in [0.5, 0.6) is 0 Å². The number of carbonyl (C=O) groups is 3. The number of ether oxygens (including phenoxy) is 1. The van der Waals surface area contributed by atoms with Gasteiger partial charge in [-0.3, -0.25) is 10.1 Å². The summed E-state index contributed by atoms with van der Waals surface area (Å²) in [5.74, 6) is -0.337. The van der Waals surface area contributed by atoms with Crippen molar-refractivity contribution in [2.75, 3.05) is 17.2 Å². The van der Waals surface area contributed by atoms with E-state index in [-0.39, 0.29) is 11.2 Å². The van der Waals surface area contributed by atoms with Crippen molar-refractivity contribution in [1.29, 1.82) is 0 Å². The lowest BCUT2D eigenvalue weighted by atomic mass is 9.78. The molecule has 142 valence electrons. The molecule has 27 heavy (non-hydrogen) atoms. The molecule has 2 aromatic rings. The van der Waals surface area contributed by atoms with Crippen molar-refractivity contribution in [2.24, 2.45) is 5.41 Å². The molecule has 0 bridgehead atoms. The molecule has 7 nitrogen and oxygen atoms in total. The van der Waals surface area contributed by atoms with Crippen LogP contribution in [0.2, 0.25) is 0 Å². The molecule has 0 aliphatic heterocycles. The number of anilines is 2. The Morgan fingerprint density at radius 3 is 2.56 bits per heavy atom. The summed E-state index contributed by atoms with van der Waals surface area (Å²) >= 11 is 1.20. The van der Waals surface area contributed by atoms with Gasteiger partial charge in [-0.2, -0.15) is 0 Å². The second-order valence-electron chi connectivity index (χ2n) is 7.11. The van der Waals surface area contributed by atoms with Crippen LogP contribution in [-0.2, 0) is 11.2 Å². The van der Waals surface area contributed by atoms with Crippen molar-refractivity contribution in [2.45, 2.75) is 33.6 Å². The van der Waals surface area contributed by atoms with E-state index in [9.17, 15) is 14.4 Å². The Morgan fingerprint density at radius 2 is 1.89 bits per heavy atom. The number of fused-ring (bicyclic) bond motifs is 1. The van der Waals surface area contributed by atoms with Gasteiger partial charge in [0.1, 0.15) is 0 Å². The van der Waals surface area contributed by atoms with E-state index in [0.717, 1.165) is 5.69 Å². The first-order valence-electron chi connectivity index (χ1n) is 8.65. The maximum Gasteiger partial charge on any atom is 0.338 e. The van der Waals surface area contributed by atoms with Gasteiger partial charge in [-0.1, -0.05) is 25.2 Å². The minimum absolute atomic E-state index is 0.0711. The lowest BCUT2D eigenvalue weighted by Gasteiger charge is -2.26. The molecule has 0 atom stereocenters. The van der Waals surface area contributed by atoms with E-state index in [4.69, 9.17) is 4.74 Å². The van der Waals surface area contributed by atoms with Crippen LogP contribution in [0.3, 0.4) is 0 Å². The quantitative estimate of drug-likeness (QED) is 0.769. The van der Waals surface area contributed by atoms with Gasteiger partial charge in [0, 0.05) is 12.1 Å². The molecule has 0 saturated carbocycles. The van der Waals surface area contributed by atoms with Crippen LogP contribution in [0, 0.1) is 5.41 Å². The third-order valence-corrected chi connectivity index (χ3v) is 5.16. The Bertz CT molecular complexity index is 887. The average Bonchev–Trinajstić information content (AvgIpc) is 2.96. The Labute approximate surface area is 161 Å². The summed E-state index contributed by atoms with van der Waals surface area (Å²) in [6.45, 7) is 6.11. The van der Waals surface area contributed by atoms with Crippen LogP contribution in [0.4, 0.5) is 15.6 Å². The number of nitrogens with zero attached hydrogens (tertiary/aromatic N) is 1. The first-order chi connectivity index (χ1) is 12.8. The zero-order valence-electron chi connectivity index (χ0n) is 15.4. The van der Waals surface area contributed by atoms with Gasteiger partial charge in [0.05, 0.1) is 22.7 Å². The highest BCUT2D eigenvalue weighted by Crippen LogP contribution is 2.38. The van der Waals surface area contributed by atoms with E-state index in [2.05, 4.69) is 15.6 Å². The minimum atomic E-state index is -0.461. The minimum Gasteiger partial charge on any atom is -0.462 e. The summed E-state index contributed by atoms with van der Waals surface area (Å²) < 4.78 is 4.92. The van der Waals surface area contributed by atoms with E-state index in [0.29, 0.717) is 40.7 Å². The molecule has 0 unspecified atom stereocenters. The highest BCUT2D eigenvalue weighted by atomic mass is 32.1. The number of benzene rings is 1. The number of hydrogen-bond acceptors (Lipinski definition) is 6. The third-order valence-electron chi connectivity index (χ3n) is 4.11. The Morgan fingerprint density at radius 1 is 1.19 bits per heavy atom. The smallest absolute Gasteiger partial charge is 0.338 e. The standard InChI is InChI=1S/C19H21N3O4S/c1-4-26-16(24)11-5-7-12(8-6-11)20-17(25)22-18-21-13-9-19(2,3)10-14(23)15(13)27-18/h5-8H,4,9-10H2,1-3H3,(H2,20,21,22,25). The molecule has 1 heterocycles. The van der Waals surface area contributed by atoms with E-state index in [1.807, 2.05) is 13.8 Å². The summed E-state index contributed by atoms with van der Waals surface area (Å²) in [4.78, 5) is 41.1. The third kappa shape index (κ3) is 4.51. The number of carbonyl (C=O) groups excluding carboxylic acids is 3. The number of hydrogen-bond donors (Lipinski definition) is 2. The fraction of sp³-hybridized carbons (Fsp3) is 0.368. The summed E-state index contributed by atoms with van der Waals surface area (Å²) in [5.41, 5.74) is 1.57. The highest BCUT2D eigenvalue weighted by Gasteiger charge is 2.34. The van der Waals surface area contributed by atoms with Gasteiger partial charge in [-0.05, 0) is 43.0 Å². The molecular formula is C19H21N3O4S. The van der Waals surface area contributed by atoms with Crippen LogP contribution in [0.15, 0.2) is 24.3 Å². The number of amides is 2. The van der Waals surface area contributed by atoms with E-state index < -0.39 is 12.0 Å². The number of Topliss-reactive ketones (excluding diaryl/α,β-unsaturated/α-hetero) is 1. The lowest BCUT2D eigenvalue weighted by Crippen LogP contribution is -2.26. The molecule has 1 aliphatic rings. The summed E-state index contributed by atoms with van der Waals surface area (Å²) in [7, 11) is 0. The number of rotatable bonds is 4. The number of ketones is 1. The first kappa shape index (κ1) is 19.0. The van der Waals surface area contributed by atoms with E-state index >= 15 is 0 Å². The zero-order chi connectivity index (χ0) is 19.6. The molecule has 2 amide bonds. The molecule has 0 fully saturated rings. The van der Waals surface area contributed by atoms with Crippen LogP contribution >= 0.6 is 11.3 Å². The SMILES string of the molecule is CCOC(=O)c1ccc(NC(=O)Nc2nc3c(s2)C(=O)CC(C)(C)C3)cc1. The largest absolute Gasteiger partial charge is 0.462 e. The van der Waals surface area contributed by atoms with Crippen molar-refractivity contribution < 1.29 is 19.1 Å². The number of aromatic nitrogens is 1. The fourth-order valence-corrected chi connectivity index (χ4v) is 3.85. The molecule has 0 spiro atoms. The summed E-state index contributed by atoms with van der Waals surface area (Å²) in [5, 5.41) is 5.74. The Balaban J connectivity index is 1.63. The highest BCUT2D eigenvalue weighted by molar-refractivity contribution is 7.17.